The van der Waals surface area contributed by atoms with Crippen molar-refractivity contribution in [3.8, 4) is 5.75 Å². The Morgan fingerprint density at radius 2 is 1.85 bits per heavy atom. The third kappa shape index (κ3) is 5.47. The molecule has 3 aromatic rings. The molecule has 4 rings (SSSR count). The molecule has 2 heterocycles. The number of benzene rings is 2. The summed E-state index contributed by atoms with van der Waals surface area (Å²) in [6.07, 6.45) is 1.63. The predicted octanol–water partition coefficient (Wildman–Crippen LogP) is 6.19. The fourth-order valence-corrected chi connectivity index (χ4v) is 4.38. The number of ether oxygens (including phenoxy) is 2. The number of esters is 1. The molecule has 0 bridgehead atoms. The first-order valence-electron chi connectivity index (χ1n) is 9.93. The summed E-state index contributed by atoms with van der Waals surface area (Å²) in [7, 11) is 1.24. The standard InChI is InChI=1S/C24H17Cl2NO6S/c1-31-23(29)20-9-8-18(33-20)12-27-22(28)21(34-24(27)30)10-14-2-6-17(7-3-14)32-13-15-4-5-16(25)11-19(15)26/h2-11H,12-13H2,1H3/b21-10+. The molecule has 0 N–H and O–H groups in total. The molecule has 0 saturated carbocycles. The van der Waals surface area contributed by atoms with Crippen LogP contribution in [-0.2, 0) is 22.7 Å². The monoisotopic (exact) mass is 517 g/mol. The van der Waals surface area contributed by atoms with Crippen LogP contribution in [0.15, 0.2) is 63.9 Å². The molecule has 1 saturated heterocycles. The third-order valence-corrected chi connectivity index (χ3v) is 6.32. The number of thioether (sulfide) groups is 1. The molecule has 1 aliphatic heterocycles. The number of carbonyl (C=O) groups is 3. The predicted molar refractivity (Wildman–Crippen MR) is 129 cm³/mol. The van der Waals surface area contributed by atoms with E-state index in [1.165, 1.54) is 19.2 Å². The first-order valence-corrected chi connectivity index (χ1v) is 11.5. The Balaban J connectivity index is 1.39. The van der Waals surface area contributed by atoms with E-state index in [1.807, 2.05) is 0 Å². The first-order chi connectivity index (χ1) is 16.3. The number of halogens is 2. The largest absolute Gasteiger partial charge is 0.489 e. The molecule has 10 heteroatoms. The van der Waals surface area contributed by atoms with Crippen LogP contribution in [0.25, 0.3) is 6.08 Å². The number of rotatable bonds is 7. The Morgan fingerprint density at radius 3 is 2.56 bits per heavy atom. The summed E-state index contributed by atoms with van der Waals surface area (Å²) in [6, 6.07) is 15.2. The van der Waals surface area contributed by atoms with Crippen molar-refractivity contribution in [1.82, 2.24) is 4.90 Å². The van der Waals surface area contributed by atoms with E-state index >= 15 is 0 Å². The number of hydrogen-bond donors (Lipinski definition) is 0. The highest BCUT2D eigenvalue weighted by molar-refractivity contribution is 8.18. The lowest BCUT2D eigenvalue weighted by Gasteiger charge is -2.10. The van der Waals surface area contributed by atoms with Crippen molar-refractivity contribution in [1.29, 1.82) is 0 Å². The smallest absolute Gasteiger partial charge is 0.373 e. The van der Waals surface area contributed by atoms with Gasteiger partial charge in [0.05, 0.1) is 18.6 Å². The quantitative estimate of drug-likeness (QED) is 0.272. The highest BCUT2D eigenvalue weighted by Gasteiger charge is 2.35. The van der Waals surface area contributed by atoms with Crippen LogP contribution in [-0.4, -0.2) is 29.1 Å². The first kappa shape index (κ1) is 23.9. The number of imide groups is 1. The fourth-order valence-electron chi connectivity index (χ4n) is 3.08. The van der Waals surface area contributed by atoms with Gasteiger partial charge < -0.3 is 13.9 Å². The van der Waals surface area contributed by atoms with Crippen molar-refractivity contribution in [3.05, 3.63) is 92.2 Å². The van der Waals surface area contributed by atoms with Gasteiger partial charge in [0, 0.05) is 15.6 Å². The van der Waals surface area contributed by atoms with E-state index in [1.54, 1.807) is 48.5 Å². The Morgan fingerprint density at radius 1 is 1.09 bits per heavy atom. The van der Waals surface area contributed by atoms with E-state index in [9.17, 15) is 14.4 Å². The average molecular weight is 518 g/mol. The Bertz CT molecular complexity index is 1280. The van der Waals surface area contributed by atoms with E-state index in [0.29, 0.717) is 21.6 Å². The molecule has 2 aromatic carbocycles. The summed E-state index contributed by atoms with van der Waals surface area (Å²) in [5.74, 6) is -0.157. The van der Waals surface area contributed by atoms with E-state index < -0.39 is 17.1 Å². The molecule has 0 unspecified atom stereocenters. The number of methoxy groups -OCH3 is 1. The van der Waals surface area contributed by atoms with Crippen LogP contribution in [0.5, 0.6) is 5.75 Å². The van der Waals surface area contributed by atoms with E-state index in [2.05, 4.69) is 4.74 Å². The van der Waals surface area contributed by atoms with Crippen LogP contribution in [0.1, 0.15) is 27.4 Å². The number of nitrogens with zero attached hydrogens (tertiary/aromatic N) is 1. The van der Waals surface area contributed by atoms with Crippen LogP contribution in [0.4, 0.5) is 4.79 Å². The lowest BCUT2D eigenvalue weighted by molar-refractivity contribution is -0.123. The van der Waals surface area contributed by atoms with Crippen molar-refractivity contribution in [2.45, 2.75) is 13.2 Å². The van der Waals surface area contributed by atoms with Gasteiger partial charge in [-0.3, -0.25) is 14.5 Å². The minimum atomic E-state index is -0.635. The lowest BCUT2D eigenvalue weighted by atomic mass is 10.2. The molecule has 7 nitrogen and oxygen atoms in total. The van der Waals surface area contributed by atoms with Gasteiger partial charge in [0.25, 0.3) is 11.1 Å². The molecule has 0 aliphatic carbocycles. The normalized spacial score (nSPS) is 14.7. The van der Waals surface area contributed by atoms with E-state index in [0.717, 1.165) is 27.8 Å². The van der Waals surface area contributed by atoms with Crippen LogP contribution in [0, 0.1) is 0 Å². The fraction of sp³-hybridized carbons (Fsp3) is 0.125. The summed E-state index contributed by atoms with van der Waals surface area (Å²) in [5, 5.41) is 0.653. The Labute approximate surface area is 209 Å². The zero-order valence-electron chi connectivity index (χ0n) is 17.7. The zero-order chi connectivity index (χ0) is 24.2. The van der Waals surface area contributed by atoms with Gasteiger partial charge in [-0.1, -0.05) is 41.4 Å². The van der Waals surface area contributed by atoms with Crippen molar-refractivity contribution >= 4 is 58.2 Å². The molecule has 1 aliphatic rings. The summed E-state index contributed by atoms with van der Waals surface area (Å²) >= 11 is 12.9. The second-order valence-electron chi connectivity index (χ2n) is 7.12. The maximum Gasteiger partial charge on any atom is 0.373 e. The summed E-state index contributed by atoms with van der Waals surface area (Å²) in [6.45, 7) is 0.192. The Kier molecular flexibility index (Phi) is 7.31. The molecule has 0 radical (unpaired) electrons. The number of carbonyl (C=O) groups excluding carboxylic acids is 3. The zero-order valence-corrected chi connectivity index (χ0v) is 20.1. The van der Waals surface area contributed by atoms with Crippen molar-refractivity contribution in [3.63, 3.8) is 0 Å². The maximum absolute atomic E-state index is 12.7. The number of hydrogen-bond acceptors (Lipinski definition) is 7. The topological polar surface area (TPSA) is 86.0 Å². The van der Waals surface area contributed by atoms with Gasteiger partial charge in [-0.15, -0.1) is 0 Å². The Hall–Kier alpha value is -3.20. The minimum Gasteiger partial charge on any atom is -0.489 e. The van der Waals surface area contributed by atoms with Gasteiger partial charge >= 0.3 is 5.97 Å². The van der Waals surface area contributed by atoms with Crippen molar-refractivity contribution in [2.75, 3.05) is 7.11 Å². The number of amides is 2. The van der Waals surface area contributed by atoms with Crippen LogP contribution < -0.4 is 4.74 Å². The van der Waals surface area contributed by atoms with Gasteiger partial charge in [-0.05, 0) is 59.8 Å². The summed E-state index contributed by atoms with van der Waals surface area (Å²) in [5.41, 5.74) is 1.53. The summed E-state index contributed by atoms with van der Waals surface area (Å²) in [4.78, 5) is 38.0. The molecular weight excluding hydrogens is 501 g/mol. The molecule has 0 atom stereocenters. The van der Waals surface area contributed by atoms with Gasteiger partial charge in [0.2, 0.25) is 5.76 Å². The van der Waals surface area contributed by atoms with Crippen molar-refractivity contribution < 1.29 is 28.3 Å². The minimum absolute atomic E-state index is 0.000607. The maximum atomic E-state index is 12.7. The highest BCUT2D eigenvalue weighted by atomic mass is 35.5. The number of furan rings is 1. The molecule has 2 amide bonds. The molecule has 174 valence electrons. The van der Waals surface area contributed by atoms with Crippen LogP contribution >= 0.6 is 35.0 Å². The van der Waals surface area contributed by atoms with Gasteiger partial charge in [-0.25, -0.2) is 4.79 Å². The second kappa shape index (κ2) is 10.4. The highest BCUT2D eigenvalue weighted by Crippen LogP contribution is 2.34. The van der Waals surface area contributed by atoms with Gasteiger partial charge in [0.1, 0.15) is 18.1 Å². The SMILES string of the molecule is COC(=O)c1ccc(CN2C(=O)S/C(=C/c3ccc(OCc4ccc(Cl)cc4Cl)cc3)C2=O)o1. The lowest BCUT2D eigenvalue weighted by Crippen LogP contribution is -2.27. The van der Waals surface area contributed by atoms with Crippen molar-refractivity contribution in [2.24, 2.45) is 0 Å². The molecule has 0 spiro atoms. The average Bonchev–Trinajstić information content (AvgIpc) is 3.39. The molecule has 34 heavy (non-hydrogen) atoms. The summed E-state index contributed by atoms with van der Waals surface area (Å²) < 4.78 is 15.7. The van der Waals surface area contributed by atoms with Crippen LogP contribution in [0.2, 0.25) is 10.0 Å². The third-order valence-electron chi connectivity index (χ3n) is 4.82. The van der Waals surface area contributed by atoms with Gasteiger partial charge in [-0.2, -0.15) is 0 Å². The van der Waals surface area contributed by atoms with E-state index in [-0.39, 0.29) is 23.8 Å². The molecular formula is C24H17Cl2NO6S. The molecule has 1 aromatic heterocycles. The van der Waals surface area contributed by atoms with E-state index in [4.69, 9.17) is 32.4 Å². The second-order valence-corrected chi connectivity index (χ2v) is 8.96. The van der Waals surface area contributed by atoms with Gasteiger partial charge in [0.15, 0.2) is 0 Å². The molecule has 1 fully saturated rings. The van der Waals surface area contributed by atoms with Crippen LogP contribution in [0.3, 0.4) is 0 Å².